The van der Waals surface area contributed by atoms with Crippen molar-refractivity contribution in [1.82, 2.24) is 14.5 Å². The van der Waals surface area contributed by atoms with E-state index in [2.05, 4.69) is 155 Å². The summed E-state index contributed by atoms with van der Waals surface area (Å²) in [6.45, 7) is 0. The first-order chi connectivity index (χ1) is 20.8. The van der Waals surface area contributed by atoms with Gasteiger partial charge < -0.3 is 9.55 Å². The number of H-pyrrole nitrogens is 1. The highest BCUT2D eigenvalue weighted by Gasteiger charge is 2.14. The summed E-state index contributed by atoms with van der Waals surface area (Å²) in [6.07, 6.45) is 0. The molecule has 3 heteroatoms. The van der Waals surface area contributed by atoms with Crippen LogP contribution in [0.3, 0.4) is 0 Å². The van der Waals surface area contributed by atoms with Crippen molar-refractivity contribution >= 4 is 54.4 Å². The Labute approximate surface area is 242 Å². The molecule has 42 heavy (non-hydrogen) atoms. The number of rotatable bonds is 3. The van der Waals surface area contributed by atoms with Crippen molar-refractivity contribution in [1.29, 1.82) is 0 Å². The standard InChI is InChI=1S/C39H25N3/c1-3-13-33-29(9-1)30-10-2-4-14-34(30)38-37(33)40-39(41-38)27-19-17-25(18-20-27)26-21-23-28(24-22-26)42-35-15-7-5-11-31(35)32-12-6-8-16-36(32)42/h1-24H,(H,40,41). The Hall–Kier alpha value is -5.67. The lowest BCUT2D eigenvalue weighted by atomic mass is 10.0. The van der Waals surface area contributed by atoms with Crippen LogP contribution in [0, 0.1) is 0 Å². The van der Waals surface area contributed by atoms with Crippen LogP contribution in [0.5, 0.6) is 0 Å². The average Bonchev–Trinajstić information content (AvgIpc) is 3.66. The van der Waals surface area contributed by atoms with Crippen molar-refractivity contribution < 1.29 is 0 Å². The van der Waals surface area contributed by atoms with E-state index >= 15 is 0 Å². The van der Waals surface area contributed by atoms with E-state index in [1.165, 1.54) is 54.5 Å². The molecule has 7 aromatic carbocycles. The molecule has 0 unspecified atom stereocenters. The zero-order valence-corrected chi connectivity index (χ0v) is 22.8. The summed E-state index contributed by atoms with van der Waals surface area (Å²) in [7, 11) is 0. The Morgan fingerprint density at radius 3 is 1.48 bits per heavy atom. The van der Waals surface area contributed by atoms with Crippen LogP contribution in [-0.2, 0) is 0 Å². The van der Waals surface area contributed by atoms with Gasteiger partial charge in [-0.3, -0.25) is 0 Å². The molecule has 2 aromatic heterocycles. The first-order valence-electron chi connectivity index (χ1n) is 14.3. The third-order valence-electron chi connectivity index (χ3n) is 8.57. The van der Waals surface area contributed by atoms with E-state index in [9.17, 15) is 0 Å². The van der Waals surface area contributed by atoms with E-state index in [1.807, 2.05) is 0 Å². The predicted molar refractivity (Wildman–Crippen MR) is 176 cm³/mol. The van der Waals surface area contributed by atoms with E-state index in [0.29, 0.717) is 0 Å². The molecule has 0 saturated heterocycles. The second-order valence-electron chi connectivity index (χ2n) is 10.9. The third-order valence-corrected chi connectivity index (χ3v) is 8.57. The Morgan fingerprint density at radius 2 is 0.857 bits per heavy atom. The number of nitrogens with zero attached hydrogens (tertiary/aromatic N) is 2. The van der Waals surface area contributed by atoms with Crippen LogP contribution in [0.4, 0.5) is 0 Å². The number of para-hydroxylation sites is 2. The van der Waals surface area contributed by atoms with Crippen molar-refractivity contribution in [2.75, 3.05) is 0 Å². The first kappa shape index (κ1) is 23.1. The molecular weight excluding hydrogens is 510 g/mol. The van der Waals surface area contributed by atoms with Crippen molar-refractivity contribution in [2.45, 2.75) is 0 Å². The quantitative estimate of drug-likeness (QED) is 0.224. The minimum absolute atomic E-state index is 0.889. The Kier molecular flexibility index (Phi) is 4.90. The average molecular weight is 536 g/mol. The van der Waals surface area contributed by atoms with Crippen LogP contribution < -0.4 is 0 Å². The second kappa shape index (κ2) is 8.92. The maximum absolute atomic E-state index is 5.10. The van der Waals surface area contributed by atoms with Crippen molar-refractivity contribution in [2.24, 2.45) is 0 Å². The van der Waals surface area contributed by atoms with Gasteiger partial charge in [-0.1, -0.05) is 121 Å². The topological polar surface area (TPSA) is 33.6 Å². The summed E-state index contributed by atoms with van der Waals surface area (Å²) in [5, 5.41) is 7.41. The molecule has 0 radical (unpaired) electrons. The molecule has 0 atom stereocenters. The van der Waals surface area contributed by atoms with Crippen molar-refractivity contribution in [3.63, 3.8) is 0 Å². The molecule has 0 aliphatic heterocycles. The molecule has 2 heterocycles. The van der Waals surface area contributed by atoms with E-state index in [1.54, 1.807) is 0 Å². The number of imidazole rings is 1. The van der Waals surface area contributed by atoms with Crippen LogP contribution >= 0.6 is 0 Å². The van der Waals surface area contributed by atoms with Crippen LogP contribution in [0.25, 0.3) is 82.6 Å². The zero-order chi connectivity index (χ0) is 27.6. The van der Waals surface area contributed by atoms with E-state index in [4.69, 9.17) is 4.98 Å². The predicted octanol–water partition coefficient (Wildman–Crippen LogP) is 10.3. The fourth-order valence-corrected chi connectivity index (χ4v) is 6.58. The molecule has 3 nitrogen and oxygen atoms in total. The molecule has 0 aliphatic rings. The molecule has 9 aromatic rings. The van der Waals surface area contributed by atoms with Crippen LogP contribution in [0.1, 0.15) is 0 Å². The SMILES string of the molecule is c1ccc2c(c1)c1ccccc1c1[nH]c(-c3ccc(-c4ccc(-n5c6ccccc6c6ccccc65)cc4)cc3)nc21. The Balaban J connectivity index is 1.10. The minimum Gasteiger partial charge on any atom is -0.337 e. The number of aromatic nitrogens is 3. The summed E-state index contributed by atoms with van der Waals surface area (Å²) in [4.78, 5) is 8.74. The molecule has 0 bridgehead atoms. The fraction of sp³-hybridized carbons (Fsp3) is 0. The second-order valence-corrected chi connectivity index (χ2v) is 10.9. The van der Waals surface area contributed by atoms with Crippen molar-refractivity contribution in [3.8, 4) is 28.2 Å². The lowest BCUT2D eigenvalue weighted by molar-refractivity contribution is 1.18. The number of fused-ring (bicyclic) bond motifs is 9. The Bertz CT molecular complexity index is 2320. The molecule has 0 saturated carbocycles. The number of aromatic amines is 1. The maximum Gasteiger partial charge on any atom is 0.138 e. The number of hydrogen-bond acceptors (Lipinski definition) is 1. The number of hydrogen-bond donors (Lipinski definition) is 1. The fourth-order valence-electron chi connectivity index (χ4n) is 6.58. The molecule has 9 rings (SSSR count). The first-order valence-corrected chi connectivity index (χ1v) is 14.3. The van der Waals surface area contributed by atoms with Gasteiger partial charge in [-0.25, -0.2) is 4.98 Å². The lowest BCUT2D eigenvalue weighted by Gasteiger charge is -2.09. The van der Waals surface area contributed by atoms with E-state index in [0.717, 1.165) is 28.1 Å². The van der Waals surface area contributed by atoms with Gasteiger partial charge in [0, 0.05) is 32.8 Å². The minimum atomic E-state index is 0.889. The highest BCUT2D eigenvalue weighted by atomic mass is 15.0. The number of benzene rings is 7. The normalized spacial score (nSPS) is 11.8. The van der Waals surface area contributed by atoms with Crippen LogP contribution in [-0.4, -0.2) is 14.5 Å². The van der Waals surface area contributed by atoms with Gasteiger partial charge in [-0.05, 0) is 46.2 Å². The smallest absolute Gasteiger partial charge is 0.138 e. The maximum atomic E-state index is 5.10. The third kappa shape index (κ3) is 3.37. The zero-order valence-electron chi connectivity index (χ0n) is 22.8. The van der Waals surface area contributed by atoms with Crippen molar-refractivity contribution in [3.05, 3.63) is 146 Å². The summed E-state index contributed by atoms with van der Waals surface area (Å²) in [6, 6.07) is 52.0. The van der Waals surface area contributed by atoms with Gasteiger partial charge >= 0.3 is 0 Å². The van der Waals surface area contributed by atoms with Gasteiger partial charge in [0.2, 0.25) is 0 Å². The molecule has 0 fully saturated rings. The van der Waals surface area contributed by atoms with Gasteiger partial charge in [-0.2, -0.15) is 0 Å². The molecule has 0 aliphatic carbocycles. The molecule has 196 valence electrons. The molecule has 1 N–H and O–H groups in total. The summed E-state index contributed by atoms with van der Waals surface area (Å²) < 4.78 is 2.35. The van der Waals surface area contributed by atoms with Gasteiger partial charge in [0.05, 0.1) is 22.1 Å². The lowest BCUT2D eigenvalue weighted by Crippen LogP contribution is -1.93. The highest BCUT2D eigenvalue weighted by Crippen LogP contribution is 2.36. The summed E-state index contributed by atoms with van der Waals surface area (Å²) >= 11 is 0. The van der Waals surface area contributed by atoms with Gasteiger partial charge in [0.1, 0.15) is 5.82 Å². The Morgan fingerprint density at radius 1 is 0.405 bits per heavy atom. The van der Waals surface area contributed by atoms with Gasteiger partial charge in [0.15, 0.2) is 0 Å². The highest BCUT2D eigenvalue weighted by molar-refractivity contribution is 6.23. The number of nitrogens with one attached hydrogen (secondary N) is 1. The van der Waals surface area contributed by atoms with Crippen LogP contribution in [0.15, 0.2) is 146 Å². The largest absolute Gasteiger partial charge is 0.337 e. The van der Waals surface area contributed by atoms with Gasteiger partial charge in [-0.15, -0.1) is 0 Å². The summed E-state index contributed by atoms with van der Waals surface area (Å²) in [5.41, 5.74) is 9.16. The molecule has 0 spiro atoms. The monoisotopic (exact) mass is 535 g/mol. The van der Waals surface area contributed by atoms with Gasteiger partial charge in [0.25, 0.3) is 0 Å². The van der Waals surface area contributed by atoms with Crippen LogP contribution in [0.2, 0.25) is 0 Å². The molecular formula is C39H25N3. The summed E-state index contributed by atoms with van der Waals surface area (Å²) in [5.74, 6) is 0.889. The van der Waals surface area contributed by atoms with E-state index in [-0.39, 0.29) is 0 Å². The molecule has 0 amide bonds. The van der Waals surface area contributed by atoms with E-state index < -0.39 is 0 Å².